The minimum absolute atomic E-state index is 0.0434. The Kier molecular flexibility index (Phi) is 6.57. The Morgan fingerprint density at radius 2 is 1.67 bits per heavy atom. The van der Waals surface area contributed by atoms with Crippen LogP contribution in [-0.2, 0) is 4.79 Å². The summed E-state index contributed by atoms with van der Waals surface area (Å²) in [4.78, 5) is 13.4. The van der Waals surface area contributed by atoms with Crippen molar-refractivity contribution in [1.82, 2.24) is 4.90 Å². The normalized spacial score (nSPS) is 11.5. The van der Waals surface area contributed by atoms with Crippen LogP contribution in [0.4, 0.5) is 0 Å². The van der Waals surface area contributed by atoms with Crippen molar-refractivity contribution in [3.63, 3.8) is 0 Å². The quantitative estimate of drug-likeness (QED) is 0.707. The van der Waals surface area contributed by atoms with Crippen molar-refractivity contribution in [2.24, 2.45) is 0 Å². The third-order valence-corrected chi connectivity index (χ3v) is 2.81. The Labute approximate surface area is 93.5 Å². The molecule has 0 aliphatic rings. The summed E-state index contributed by atoms with van der Waals surface area (Å²) in [5, 5.41) is 10.3. The fraction of sp³-hybridized carbons (Fsp3) is 0.917. The van der Waals surface area contributed by atoms with Crippen molar-refractivity contribution in [1.29, 1.82) is 0 Å². The molecule has 0 radical (unpaired) electrons. The van der Waals surface area contributed by atoms with E-state index in [9.17, 15) is 9.90 Å². The highest BCUT2D eigenvalue weighted by molar-refractivity contribution is 5.76. The van der Waals surface area contributed by atoms with Gasteiger partial charge in [0.25, 0.3) is 0 Å². The van der Waals surface area contributed by atoms with Gasteiger partial charge in [-0.3, -0.25) is 4.79 Å². The first-order chi connectivity index (χ1) is 6.99. The maximum atomic E-state index is 11.7. The Morgan fingerprint density at radius 1 is 1.20 bits per heavy atom. The van der Waals surface area contributed by atoms with Crippen LogP contribution in [0.1, 0.15) is 52.9 Å². The molecule has 0 aliphatic carbocycles. The van der Waals surface area contributed by atoms with Gasteiger partial charge < -0.3 is 10.0 Å². The molecular weight excluding hydrogens is 190 g/mol. The number of nitrogens with zero attached hydrogens (tertiary/aromatic N) is 1. The molecule has 1 amide bonds. The molecular formula is C12H25NO2. The van der Waals surface area contributed by atoms with Crippen LogP contribution in [0.2, 0.25) is 0 Å². The van der Waals surface area contributed by atoms with Gasteiger partial charge in [-0.1, -0.05) is 26.7 Å². The minimum atomic E-state index is -0.788. The number of aliphatic hydroxyl groups is 1. The Balaban J connectivity index is 4.33. The zero-order chi connectivity index (χ0) is 11.9. The van der Waals surface area contributed by atoms with E-state index in [-0.39, 0.29) is 12.3 Å². The van der Waals surface area contributed by atoms with Crippen LogP contribution in [0, 0.1) is 0 Å². The van der Waals surface area contributed by atoms with Gasteiger partial charge in [0, 0.05) is 13.6 Å². The molecule has 0 saturated carbocycles. The standard InChI is InChI=1S/C12H25NO2/c1-5-8-12(15,9-6-2)10-11(14)13(4)7-3/h15H,5-10H2,1-4H3. The van der Waals surface area contributed by atoms with Gasteiger partial charge in [0.1, 0.15) is 0 Å². The van der Waals surface area contributed by atoms with Crippen LogP contribution in [0.15, 0.2) is 0 Å². The maximum absolute atomic E-state index is 11.7. The van der Waals surface area contributed by atoms with E-state index in [1.807, 2.05) is 20.8 Å². The van der Waals surface area contributed by atoms with Gasteiger partial charge in [-0.25, -0.2) is 0 Å². The molecule has 0 bridgehead atoms. The molecule has 0 unspecified atom stereocenters. The largest absolute Gasteiger partial charge is 0.389 e. The van der Waals surface area contributed by atoms with Crippen molar-refractivity contribution >= 4 is 5.91 Å². The molecule has 0 aromatic rings. The molecule has 0 rings (SSSR count). The fourth-order valence-corrected chi connectivity index (χ4v) is 1.83. The second kappa shape index (κ2) is 6.83. The van der Waals surface area contributed by atoms with Gasteiger partial charge in [0.05, 0.1) is 12.0 Å². The van der Waals surface area contributed by atoms with Gasteiger partial charge in [-0.15, -0.1) is 0 Å². The van der Waals surface area contributed by atoms with E-state index < -0.39 is 5.60 Å². The molecule has 3 nitrogen and oxygen atoms in total. The second-order valence-electron chi connectivity index (χ2n) is 4.31. The van der Waals surface area contributed by atoms with Crippen LogP contribution in [0.5, 0.6) is 0 Å². The van der Waals surface area contributed by atoms with Crippen molar-refractivity contribution < 1.29 is 9.90 Å². The first kappa shape index (κ1) is 14.4. The van der Waals surface area contributed by atoms with E-state index in [2.05, 4.69) is 0 Å². The number of carbonyl (C=O) groups excluding carboxylic acids is 1. The Bertz CT molecular complexity index is 186. The summed E-state index contributed by atoms with van der Waals surface area (Å²) < 4.78 is 0. The first-order valence-electron chi connectivity index (χ1n) is 5.95. The summed E-state index contributed by atoms with van der Waals surface area (Å²) in [5.41, 5.74) is -0.788. The van der Waals surface area contributed by atoms with Crippen molar-refractivity contribution in [3.05, 3.63) is 0 Å². The first-order valence-corrected chi connectivity index (χ1v) is 5.95. The molecule has 0 aromatic heterocycles. The van der Waals surface area contributed by atoms with E-state index in [0.29, 0.717) is 19.4 Å². The molecule has 0 atom stereocenters. The molecule has 0 aliphatic heterocycles. The molecule has 0 fully saturated rings. The summed E-state index contributed by atoms with van der Waals surface area (Å²) >= 11 is 0. The van der Waals surface area contributed by atoms with Crippen molar-refractivity contribution in [2.45, 2.75) is 58.5 Å². The number of carbonyl (C=O) groups is 1. The zero-order valence-electron chi connectivity index (χ0n) is 10.5. The molecule has 15 heavy (non-hydrogen) atoms. The summed E-state index contributed by atoms with van der Waals surface area (Å²) in [6.07, 6.45) is 3.52. The molecule has 0 aromatic carbocycles. The highest BCUT2D eigenvalue weighted by atomic mass is 16.3. The van der Waals surface area contributed by atoms with Gasteiger partial charge in [0.2, 0.25) is 5.91 Å². The van der Waals surface area contributed by atoms with Crippen molar-refractivity contribution in [3.8, 4) is 0 Å². The number of hydrogen-bond acceptors (Lipinski definition) is 2. The third-order valence-electron chi connectivity index (χ3n) is 2.81. The summed E-state index contributed by atoms with van der Waals surface area (Å²) in [7, 11) is 1.78. The lowest BCUT2D eigenvalue weighted by Gasteiger charge is -2.28. The Hall–Kier alpha value is -0.570. The van der Waals surface area contributed by atoms with E-state index in [0.717, 1.165) is 12.8 Å². The number of hydrogen-bond donors (Lipinski definition) is 1. The predicted octanol–water partition coefficient (Wildman–Crippen LogP) is 2.19. The van der Waals surface area contributed by atoms with E-state index in [1.165, 1.54) is 0 Å². The third kappa shape index (κ3) is 5.17. The van der Waals surface area contributed by atoms with Crippen LogP contribution in [0.3, 0.4) is 0 Å². The minimum Gasteiger partial charge on any atom is -0.389 e. The van der Waals surface area contributed by atoms with Gasteiger partial charge in [0.15, 0.2) is 0 Å². The smallest absolute Gasteiger partial charge is 0.225 e. The second-order valence-corrected chi connectivity index (χ2v) is 4.31. The lowest BCUT2D eigenvalue weighted by atomic mass is 9.89. The topological polar surface area (TPSA) is 40.5 Å². The highest BCUT2D eigenvalue weighted by Gasteiger charge is 2.28. The van der Waals surface area contributed by atoms with Crippen molar-refractivity contribution in [2.75, 3.05) is 13.6 Å². The lowest BCUT2D eigenvalue weighted by molar-refractivity contribution is -0.135. The van der Waals surface area contributed by atoms with Gasteiger partial charge in [-0.05, 0) is 19.8 Å². The van der Waals surface area contributed by atoms with Crippen LogP contribution in [0.25, 0.3) is 0 Å². The van der Waals surface area contributed by atoms with Crippen LogP contribution < -0.4 is 0 Å². The van der Waals surface area contributed by atoms with E-state index in [4.69, 9.17) is 0 Å². The van der Waals surface area contributed by atoms with Gasteiger partial charge in [-0.2, -0.15) is 0 Å². The average molecular weight is 215 g/mol. The fourth-order valence-electron chi connectivity index (χ4n) is 1.83. The molecule has 3 heteroatoms. The van der Waals surface area contributed by atoms with Gasteiger partial charge >= 0.3 is 0 Å². The zero-order valence-corrected chi connectivity index (χ0v) is 10.5. The molecule has 0 saturated heterocycles. The number of rotatable bonds is 7. The number of amides is 1. The predicted molar refractivity (Wildman–Crippen MR) is 62.7 cm³/mol. The molecule has 0 heterocycles. The average Bonchev–Trinajstić information content (AvgIpc) is 2.16. The monoisotopic (exact) mass is 215 g/mol. The highest BCUT2D eigenvalue weighted by Crippen LogP contribution is 2.24. The Morgan fingerprint density at radius 3 is 2.00 bits per heavy atom. The maximum Gasteiger partial charge on any atom is 0.225 e. The SMILES string of the molecule is CCCC(O)(CCC)CC(=O)N(C)CC. The molecule has 0 spiro atoms. The summed E-state index contributed by atoms with van der Waals surface area (Å²) in [6.45, 7) is 6.72. The van der Waals surface area contributed by atoms with Crippen LogP contribution >= 0.6 is 0 Å². The van der Waals surface area contributed by atoms with Crippen LogP contribution in [-0.4, -0.2) is 35.1 Å². The lowest BCUT2D eigenvalue weighted by Crippen LogP contribution is -2.37. The van der Waals surface area contributed by atoms with E-state index >= 15 is 0 Å². The summed E-state index contributed by atoms with van der Waals surface area (Å²) in [5.74, 6) is 0.0434. The van der Waals surface area contributed by atoms with E-state index in [1.54, 1.807) is 11.9 Å². The molecule has 1 N–H and O–H groups in total. The summed E-state index contributed by atoms with van der Waals surface area (Å²) in [6, 6.07) is 0. The molecule has 90 valence electrons.